The quantitative estimate of drug-likeness (QED) is 0.621. The van der Waals surface area contributed by atoms with E-state index in [0.29, 0.717) is 0 Å². The summed E-state index contributed by atoms with van der Waals surface area (Å²) < 4.78 is 1.87. The van der Waals surface area contributed by atoms with Gasteiger partial charge in [-0.3, -0.25) is 10.2 Å². The van der Waals surface area contributed by atoms with Crippen molar-refractivity contribution in [2.45, 2.75) is 13.8 Å². The number of nitrogens with zero attached hydrogens (tertiary/aromatic N) is 1. The molecular weight excluding hydrogens is 226 g/mol. The molecule has 0 aliphatic heterocycles. The summed E-state index contributed by atoms with van der Waals surface area (Å²) in [5.74, 6) is -0.207. The number of amidine groups is 1. The molecule has 2 rings (SSSR count). The van der Waals surface area contributed by atoms with Crippen molar-refractivity contribution in [1.29, 1.82) is 5.41 Å². The van der Waals surface area contributed by atoms with Crippen LogP contribution in [0.25, 0.3) is 5.69 Å². The third kappa shape index (κ3) is 2.18. The number of aryl methyl sites for hydroxylation is 2. The number of pyridine rings is 1. The third-order valence-electron chi connectivity index (χ3n) is 2.81. The Morgan fingerprint density at radius 1 is 1.28 bits per heavy atom. The maximum absolute atomic E-state index is 11.7. The van der Waals surface area contributed by atoms with Crippen LogP contribution in [-0.4, -0.2) is 10.4 Å². The van der Waals surface area contributed by atoms with Crippen LogP contribution in [0.15, 0.2) is 41.3 Å². The first-order valence-corrected chi connectivity index (χ1v) is 5.64. The van der Waals surface area contributed by atoms with Gasteiger partial charge in [-0.2, -0.15) is 0 Å². The molecule has 0 aliphatic carbocycles. The van der Waals surface area contributed by atoms with Crippen LogP contribution in [0.3, 0.4) is 0 Å². The van der Waals surface area contributed by atoms with Crippen LogP contribution < -0.4 is 11.2 Å². The highest BCUT2D eigenvalue weighted by Gasteiger charge is 2.07. The zero-order valence-electron chi connectivity index (χ0n) is 10.4. The molecule has 18 heavy (non-hydrogen) atoms. The fraction of sp³-hybridized carbons (Fsp3) is 0.143. The highest BCUT2D eigenvalue weighted by molar-refractivity contribution is 5.94. The number of nitrogen functional groups attached to an aromatic ring is 1. The van der Waals surface area contributed by atoms with Gasteiger partial charge in [-0.15, -0.1) is 0 Å². The molecule has 1 aromatic heterocycles. The summed E-state index contributed by atoms with van der Waals surface area (Å²) in [7, 11) is 0. The van der Waals surface area contributed by atoms with Crippen molar-refractivity contribution in [3.63, 3.8) is 0 Å². The van der Waals surface area contributed by atoms with Gasteiger partial charge in [0.05, 0.1) is 5.56 Å². The zero-order valence-corrected chi connectivity index (χ0v) is 10.4. The summed E-state index contributed by atoms with van der Waals surface area (Å²) >= 11 is 0. The third-order valence-corrected chi connectivity index (χ3v) is 2.81. The maximum atomic E-state index is 11.7. The zero-order chi connectivity index (χ0) is 13.3. The number of rotatable bonds is 2. The Morgan fingerprint density at radius 3 is 2.61 bits per heavy atom. The molecule has 0 unspecified atom stereocenters. The first-order valence-electron chi connectivity index (χ1n) is 5.64. The SMILES string of the molecule is Cc1cccc(-n2cc(C(=N)N)c(=O)cc2C)c1. The fourth-order valence-electron chi connectivity index (χ4n) is 1.89. The van der Waals surface area contributed by atoms with Crippen LogP contribution in [-0.2, 0) is 0 Å². The second-order valence-corrected chi connectivity index (χ2v) is 4.32. The molecule has 0 bridgehead atoms. The van der Waals surface area contributed by atoms with Gasteiger partial charge in [0, 0.05) is 23.6 Å². The molecule has 2 aromatic rings. The largest absolute Gasteiger partial charge is 0.384 e. The topological polar surface area (TPSA) is 71.9 Å². The average Bonchev–Trinajstić information content (AvgIpc) is 2.28. The maximum Gasteiger partial charge on any atom is 0.192 e. The van der Waals surface area contributed by atoms with Crippen LogP contribution in [0, 0.1) is 19.3 Å². The van der Waals surface area contributed by atoms with Crippen molar-refractivity contribution in [3.05, 3.63) is 63.6 Å². The molecule has 0 fully saturated rings. The van der Waals surface area contributed by atoms with E-state index in [4.69, 9.17) is 11.1 Å². The predicted octanol–water partition coefficient (Wildman–Crippen LogP) is 1.74. The minimum atomic E-state index is -0.219. The fourth-order valence-corrected chi connectivity index (χ4v) is 1.89. The van der Waals surface area contributed by atoms with Gasteiger partial charge in [0.1, 0.15) is 5.84 Å². The van der Waals surface area contributed by atoms with Crippen molar-refractivity contribution in [2.24, 2.45) is 5.73 Å². The van der Waals surface area contributed by atoms with E-state index in [-0.39, 0.29) is 16.8 Å². The summed E-state index contributed by atoms with van der Waals surface area (Å²) in [5.41, 5.74) is 8.32. The highest BCUT2D eigenvalue weighted by atomic mass is 16.1. The van der Waals surface area contributed by atoms with Crippen LogP contribution in [0.2, 0.25) is 0 Å². The van der Waals surface area contributed by atoms with E-state index in [1.54, 1.807) is 6.20 Å². The minimum Gasteiger partial charge on any atom is -0.384 e. The molecule has 4 heteroatoms. The Labute approximate surface area is 105 Å². The molecule has 0 amide bonds. The lowest BCUT2D eigenvalue weighted by molar-refractivity contribution is 0.966. The van der Waals surface area contributed by atoms with Crippen molar-refractivity contribution >= 4 is 5.84 Å². The van der Waals surface area contributed by atoms with Gasteiger partial charge in [-0.25, -0.2) is 0 Å². The Hall–Kier alpha value is -2.36. The van der Waals surface area contributed by atoms with Gasteiger partial charge in [-0.05, 0) is 31.5 Å². The van der Waals surface area contributed by atoms with E-state index in [9.17, 15) is 4.79 Å². The first kappa shape index (κ1) is 12.1. The lowest BCUT2D eigenvalue weighted by Gasteiger charge is -2.12. The van der Waals surface area contributed by atoms with E-state index in [1.165, 1.54) is 6.07 Å². The number of nitrogens with two attached hydrogens (primary N) is 1. The predicted molar refractivity (Wildman–Crippen MR) is 72.5 cm³/mol. The molecule has 0 saturated carbocycles. The molecule has 0 saturated heterocycles. The molecule has 92 valence electrons. The molecule has 4 nitrogen and oxygen atoms in total. The van der Waals surface area contributed by atoms with E-state index in [1.807, 2.05) is 42.7 Å². The normalized spacial score (nSPS) is 10.3. The second kappa shape index (κ2) is 4.49. The van der Waals surface area contributed by atoms with Gasteiger partial charge >= 0.3 is 0 Å². The molecule has 1 heterocycles. The number of benzene rings is 1. The first-order chi connectivity index (χ1) is 8.49. The highest BCUT2D eigenvalue weighted by Crippen LogP contribution is 2.12. The molecule has 0 spiro atoms. The molecule has 1 aromatic carbocycles. The summed E-state index contributed by atoms with van der Waals surface area (Å²) in [6, 6.07) is 9.43. The number of hydrogen-bond donors (Lipinski definition) is 2. The molecule has 0 radical (unpaired) electrons. The van der Waals surface area contributed by atoms with Gasteiger partial charge < -0.3 is 10.3 Å². The van der Waals surface area contributed by atoms with Gasteiger partial charge in [0.25, 0.3) is 0 Å². The standard InChI is InChI=1S/C14H15N3O/c1-9-4-3-5-11(6-9)17-8-12(14(15)16)13(18)7-10(17)2/h3-8H,1-2H3,(H3,15,16). The average molecular weight is 241 g/mol. The number of nitrogens with one attached hydrogen (secondary N) is 1. The van der Waals surface area contributed by atoms with E-state index in [0.717, 1.165) is 16.9 Å². The van der Waals surface area contributed by atoms with Crippen LogP contribution in [0.5, 0.6) is 0 Å². The smallest absolute Gasteiger partial charge is 0.192 e. The van der Waals surface area contributed by atoms with Gasteiger partial charge in [0.2, 0.25) is 0 Å². The van der Waals surface area contributed by atoms with Crippen molar-refractivity contribution in [1.82, 2.24) is 4.57 Å². The molecule has 0 atom stereocenters. The van der Waals surface area contributed by atoms with Crippen molar-refractivity contribution < 1.29 is 0 Å². The lowest BCUT2D eigenvalue weighted by atomic mass is 10.2. The second-order valence-electron chi connectivity index (χ2n) is 4.32. The van der Waals surface area contributed by atoms with E-state index in [2.05, 4.69) is 0 Å². The molecule has 0 aliphatic rings. The Bertz CT molecular complexity index is 671. The van der Waals surface area contributed by atoms with Crippen LogP contribution >= 0.6 is 0 Å². The lowest BCUT2D eigenvalue weighted by Crippen LogP contribution is -2.23. The molecule has 3 N–H and O–H groups in total. The monoisotopic (exact) mass is 241 g/mol. The number of aromatic nitrogens is 1. The van der Waals surface area contributed by atoms with Crippen molar-refractivity contribution in [3.8, 4) is 5.69 Å². The summed E-state index contributed by atoms with van der Waals surface area (Å²) in [5, 5.41) is 7.41. The number of hydrogen-bond acceptors (Lipinski definition) is 2. The summed E-state index contributed by atoms with van der Waals surface area (Å²) in [4.78, 5) is 11.7. The van der Waals surface area contributed by atoms with Gasteiger partial charge in [-0.1, -0.05) is 12.1 Å². The minimum absolute atomic E-state index is 0.207. The Kier molecular flexibility index (Phi) is 3.02. The summed E-state index contributed by atoms with van der Waals surface area (Å²) in [6.45, 7) is 3.86. The van der Waals surface area contributed by atoms with Gasteiger partial charge in [0.15, 0.2) is 5.43 Å². The van der Waals surface area contributed by atoms with Crippen LogP contribution in [0.4, 0.5) is 0 Å². The molecular formula is C14H15N3O. The Balaban J connectivity index is 2.68. The van der Waals surface area contributed by atoms with Crippen LogP contribution in [0.1, 0.15) is 16.8 Å². The van der Waals surface area contributed by atoms with Crippen molar-refractivity contribution in [2.75, 3.05) is 0 Å². The van der Waals surface area contributed by atoms with E-state index < -0.39 is 0 Å². The Morgan fingerprint density at radius 2 is 2.00 bits per heavy atom. The summed E-state index contributed by atoms with van der Waals surface area (Å²) in [6.07, 6.45) is 1.62. The van der Waals surface area contributed by atoms with E-state index >= 15 is 0 Å².